The van der Waals surface area contributed by atoms with Crippen LogP contribution < -0.4 is 10.3 Å². The second-order valence-electron chi connectivity index (χ2n) is 6.01. The van der Waals surface area contributed by atoms with Gasteiger partial charge in [0.05, 0.1) is 18.8 Å². The van der Waals surface area contributed by atoms with E-state index in [1.807, 2.05) is 13.0 Å². The van der Waals surface area contributed by atoms with Crippen LogP contribution in [0.5, 0.6) is 5.75 Å². The van der Waals surface area contributed by atoms with Crippen LogP contribution in [0.3, 0.4) is 0 Å². The molecule has 0 aliphatic rings. The van der Waals surface area contributed by atoms with Gasteiger partial charge in [0.25, 0.3) is 5.56 Å². The lowest BCUT2D eigenvalue weighted by Crippen LogP contribution is -2.24. The zero-order valence-corrected chi connectivity index (χ0v) is 14.4. The fourth-order valence-electron chi connectivity index (χ4n) is 2.62. The molecule has 0 saturated carbocycles. The van der Waals surface area contributed by atoms with E-state index in [0.717, 1.165) is 11.1 Å². The van der Waals surface area contributed by atoms with Crippen molar-refractivity contribution in [1.82, 2.24) is 9.55 Å². The molecule has 0 spiro atoms. The number of pyridine rings is 2. The Morgan fingerprint density at radius 3 is 2.77 bits per heavy atom. The lowest BCUT2D eigenvalue weighted by molar-refractivity contribution is 0.264. The summed E-state index contributed by atoms with van der Waals surface area (Å²) < 4.78 is 20.9. The predicted molar refractivity (Wildman–Crippen MR) is 95.4 cm³/mol. The van der Waals surface area contributed by atoms with E-state index < -0.39 is 0 Å². The molecular weight excluding hydrogens is 335 g/mol. The smallest absolute Gasteiger partial charge is 0.254 e. The molecular formula is C20H19FN2O3. The first kappa shape index (κ1) is 17.8. The number of aromatic nitrogens is 2. The maximum atomic E-state index is 13.9. The molecule has 0 saturated heterocycles. The molecule has 1 N–H and O–H groups in total. The van der Waals surface area contributed by atoms with Crippen molar-refractivity contribution in [3.05, 3.63) is 93.4 Å². The van der Waals surface area contributed by atoms with Gasteiger partial charge in [-0.15, -0.1) is 0 Å². The number of aliphatic hydroxyl groups excluding tert-OH is 1. The monoisotopic (exact) mass is 354 g/mol. The van der Waals surface area contributed by atoms with Gasteiger partial charge in [0.1, 0.15) is 18.2 Å². The third-order valence-electron chi connectivity index (χ3n) is 4.02. The molecule has 0 atom stereocenters. The number of halogens is 1. The van der Waals surface area contributed by atoms with Crippen molar-refractivity contribution in [1.29, 1.82) is 0 Å². The van der Waals surface area contributed by atoms with Crippen LogP contribution in [0.2, 0.25) is 0 Å². The normalized spacial score (nSPS) is 10.7. The van der Waals surface area contributed by atoms with Gasteiger partial charge in [0.15, 0.2) is 0 Å². The number of aryl methyl sites for hydroxylation is 1. The molecule has 5 nitrogen and oxygen atoms in total. The second-order valence-corrected chi connectivity index (χ2v) is 6.01. The first-order valence-corrected chi connectivity index (χ1v) is 8.18. The number of aliphatic hydroxyl groups is 1. The summed E-state index contributed by atoms with van der Waals surface area (Å²) >= 11 is 0. The van der Waals surface area contributed by atoms with Gasteiger partial charge in [-0.2, -0.15) is 0 Å². The Kier molecular flexibility index (Phi) is 5.43. The zero-order chi connectivity index (χ0) is 18.5. The van der Waals surface area contributed by atoms with Crippen LogP contribution in [0.4, 0.5) is 4.39 Å². The van der Waals surface area contributed by atoms with Gasteiger partial charge in [-0.05, 0) is 30.2 Å². The summed E-state index contributed by atoms with van der Waals surface area (Å²) in [7, 11) is 0. The minimum absolute atomic E-state index is 0.00302. The van der Waals surface area contributed by atoms with E-state index in [4.69, 9.17) is 4.74 Å². The van der Waals surface area contributed by atoms with Crippen LogP contribution in [0.15, 0.2) is 59.7 Å². The van der Waals surface area contributed by atoms with E-state index in [2.05, 4.69) is 4.98 Å². The topological polar surface area (TPSA) is 64.3 Å². The predicted octanol–water partition coefficient (Wildman–Crippen LogP) is 2.81. The molecule has 2 heterocycles. The molecule has 0 unspecified atom stereocenters. The Morgan fingerprint density at radius 2 is 2.08 bits per heavy atom. The summed E-state index contributed by atoms with van der Waals surface area (Å²) in [4.78, 5) is 16.4. The Hall–Kier alpha value is -2.99. The standard InChI is InChI=1S/C20H19FN2O3/c1-14-4-5-16(19(21)7-14)13-26-18-8-17(12-24)23(20(25)9-18)11-15-3-2-6-22-10-15/h2-10,24H,11-13H2,1H3. The summed E-state index contributed by atoms with van der Waals surface area (Å²) in [5.41, 5.74) is 2.19. The molecule has 0 radical (unpaired) electrons. The maximum absolute atomic E-state index is 13.9. The van der Waals surface area contributed by atoms with Crippen molar-refractivity contribution >= 4 is 0 Å². The fourth-order valence-corrected chi connectivity index (χ4v) is 2.62. The summed E-state index contributed by atoms with van der Waals surface area (Å²) in [6, 6.07) is 11.4. The van der Waals surface area contributed by atoms with E-state index in [1.165, 1.54) is 16.7 Å². The van der Waals surface area contributed by atoms with Gasteiger partial charge in [0, 0.05) is 30.1 Å². The Labute approximate surface area is 150 Å². The molecule has 2 aromatic heterocycles. The van der Waals surface area contributed by atoms with Crippen LogP contribution in [0.1, 0.15) is 22.4 Å². The zero-order valence-electron chi connectivity index (χ0n) is 14.4. The average molecular weight is 354 g/mol. The molecule has 0 aliphatic heterocycles. The number of hydrogen-bond acceptors (Lipinski definition) is 4. The van der Waals surface area contributed by atoms with Crippen molar-refractivity contribution in [2.45, 2.75) is 26.7 Å². The van der Waals surface area contributed by atoms with Crippen molar-refractivity contribution in [2.24, 2.45) is 0 Å². The molecule has 0 fully saturated rings. The van der Waals surface area contributed by atoms with Gasteiger partial charge < -0.3 is 14.4 Å². The van der Waals surface area contributed by atoms with Crippen molar-refractivity contribution < 1.29 is 14.2 Å². The second kappa shape index (κ2) is 7.93. The Balaban J connectivity index is 1.81. The largest absolute Gasteiger partial charge is 0.489 e. The van der Waals surface area contributed by atoms with Gasteiger partial charge in [0.2, 0.25) is 0 Å². The Morgan fingerprint density at radius 1 is 1.23 bits per heavy atom. The van der Waals surface area contributed by atoms with E-state index in [-0.39, 0.29) is 24.6 Å². The third kappa shape index (κ3) is 4.15. The first-order valence-electron chi connectivity index (χ1n) is 8.18. The number of hydrogen-bond donors (Lipinski definition) is 1. The molecule has 3 rings (SSSR count). The summed E-state index contributed by atoms with van der Waals surface area (Å²) in [5, 5.41) is 9.61. The molecule has 3 aromatic rings. The lowest BCUT2D eigenvalue weighted by Gasteiger charge is -2.14. The molecule has 26 heavy (non-hydrogen) atoms. The van der Waals surface area contributed by atoms with E-state index in [9.17, 15) is 14.3 Å². The molecule has 0 bridgehead atoms. The lowest BCUT2D eigenvalue weighted by atomic mass is 10.1. The Bertz CT molecular complexity index is 955. The van der Waals surface area contributed by atoms with Gasteiger partial charge in [-0.1, -0.05) is 18.2 Å². The molecule has 1 aromatic carbocycles. The van der Waals surface area contributed by atoms with Crippen LogP contribution in [-0.2, 0) is 19.8 Å². The third-order valence-corrected chi connectivity index (χ3v) is 4.02. The van der Waals surface area contributed by atoms with Gasteiger partial charge in [-0.3, -0.25) is 9.78 Å². The number of nitrogens with zero attached hydrogens (tertiary/aromatic N) is 2. The molecule has 6 heteroatoms. The number of benzene rings is 1. The highest BCUT2D eigenvalue weighted by atomic mass is 19.1. The summed E-state index contributed by atoms with van der Waals surface area (Å²) in [5.74, 6) is -0.0567. The van der Waals surface area contributed by atoms with Crippen LogP contribution in [0.25, 0.3) is 0 Å². The van der Waals surface area contributed by atoms with Crippen molar-refractivity contribution in [3.8, 4) is 5.75 Å². The number of rotatable bonds is 6. The first-order chi connectivity index (χ1) is 12.6. The van der Waals surface area contributed by atoms with Crippen molar-refractivity contribution in [3.63, 3.8) is 0 Å². The molecule has 134 valence electrons. The van der Waals surface area contributed by atoms with Gasteiger partial charge >= 0.3 is 0 Å². The average Bonchev–Trinajstić information content (AvgIpc) is 2.63. The fraction of sp³-hybridized carbons (Fsp3) is 0.200. The maximum Gasteiger partial charge on any atom is 0.254 e. The molecule has 0 aliphatic carbocycles. The quantitative estimate of drug-likeness (QED) is 0.739. The highest BCUT2D eigenvalue weighted by Gasteiger charge is 2.09. The minimum atomic E-state index is -0.350. The highest BCUT2D eigenvalue weighted by Crippen LogP contribution is 2.16. The van der Waals surface area contributed by atoms with E-state index in [1.54, 1.807) is 36.7 Å². The summed E-state index contributed by atoms with van der Waals surface area (Å²) in [6.45, 7) is 1.80. The van der Waals surface area contributed by atoms with Gasteiger partial charge in [-0.25, -0.2) is 4.39 Å². The molecule has 0 amide bonds. The number of ether oxygens (including phenoxy) is 1. The minimum Gasteiger partial charge on any atom is -0.489 e. The van der Waals surface area contributed by atoms with Crippen LogP contribution in [0, 0.1) is 12.7 Å². The van der Waals surface area contributed by atoms with Crippen LogP contribution in [-0.4, -0.2) is 14.7 Å². The highest BCUT2D eigenvalue weighted by molar-refractivity contribution is 5.27. The van der Waals surface area contributed by atoms with E-state index in [0.29, 0.717) is 23.6 Å². The van der Waals surface area contributed by atoms with Crippen LogP contribution >= 0.6 is 0 Å². The van der Waals surface area contributed by atoms with Crippen molar-refractivity contribution in [2.75, 3.05) is 0 Å². The SMILES string of the molecule is Cc1ccc(COc2cc(CO)n(Cc3cccnc3)c(=O)c2)c(F)c1. The summed E-state index contributed by atoms with van der Waals surface area (Å²) in [6.07, 6.45) is 3.32. The van der Waals surface area contributed by atoms with E-state index >= 15 is 0 Å².